The van der Waals surface area contributed by atoms with Crippen LogP contribution in [-0.4, -0.2) is 11.1 Å². The van der Waals surface area contributed by atoms with Crippen LogP contribution < -0.4 is 0 Å². The van der Waals surface area contributed by atoms with Gasteiger partial charge in [-0.05, 0) is 17.7 Å². The van der Waals surface area contributed by atoms with Crippen LogP contribution in [0.2, 0.25) is 0 Å². The van der Waals surface area contributed by atoms with Gasteiger partial charge in [-0.15, -0.1) is 11.6 Å². The fraction of sp³-hybridized carbons (Fsp3) is 0.0625. The summed E-state index contributed by atoms with van der Waals surface area (Å²) >= 11 is 6.34. The molecule has 1 nitrogen and oxygen atoms in total. The molecule has 0 heterocycles. The van der Waals surface area contributed by atoms with E-state index >= 15 is 0 Å². The van der Waals surface area contributed by atoms with Crippen LogP contribution in [-0.2, 0) is 0 Å². The van der Waals surface area contributed by atoms with Gasteiger partial charge in [0.1, 0.15) is 0 Å². The SMILES string of the molecule is ClC1C=Cc2ccccc2C1=Nc1ccccc1. The van der Waals surface area contributed by atoms with Gasteiger partial charge in [0.15, 0.2) is 0 Å². The van der Waals surface area contributed by atoms with Gasteiger partial charge >= 0.3 is 0 Å². The van der Waals surface area contributed by atoms with Crippen LogP contribution >= 0.6 is 11.6 Å². The number of benzene rings is 2. The normalized spacial score (nSPS) is 19.8. The van der Waals surface area contributed by atoms with Crippen molar-refractivity contribution in [3.63, 3.8) is 0 Å². The lowest BCUT2D eigenvalue weighted by molar-refractivity contribution is 1.36. The van der Waals surface area contributed by atoms with Crippen molar-refractivity contribution in [2.24, 2.45) is 4.99 Å². The first-order valence-electron chi connectivity index (χ1n) is 5.90. The molecule has 2 aromatic carbocycles. The number of rotatable bonds is 1. The zero-order chi connectivity index (χ0) is 12.4. The summed E-state index contributed by atoms with van der Waals surface area (Å²) < 4.78 is 0. The highest BCUT2D eigenvalue weighted by molar-refractivity contribution is 6.38. The van der Waals surface area contributed by atoms with E-state index in [0.717, 1.165) is 17.0 Å². The molecule has 0 aliphatic heterocycles. The van der Waals surface area contributed by atoms with Crippen molar-refractivity contribution in [3.8, 4) is 0 Å². The number of alkyl halides is 1. The molecule has 0 saturated heterocycles. The molecule has 3 rings (SSSR count). The Morgan fingerprint density at radius 1 is 0.889 bits per heavy atom. The van der Waals surface area contributed by atoms with Crippen molar-refractivity contribution in [2.75, 3.05) is 0 Å². The molecule has 18 heavy (non-hydrogen) atoms. The van der Waals surface area contributed by atoms with Gasteiger partial charge in [0, 0.05) is 5.56 Å². The van der Waals surface area contributed by atoms with Crippen LogP contribution in [0, 0.1) is 0 Å². The largest absolute Gasteiger partial charge is 0.251 e. The Morgan fingerprint density at radius 2 is 1.61 bits per heavy atom. The maximum atomic E-state index is 6.34. The molecule has 1 aliphatic carbocycles. The van der Waals surface area contributed by atoms with Crippen LogP contribution in [0.3, 0.4) is 0 Å². The molecule has 88 valence electrons. The number of fused-ring (bicyclic) bond motifs is 1. The molecule has 0 spiro atoms. The lowest BCUT2D eigenvalue weighted by Crippen LogP contribution is -2.17. The van der Waals surface area contributed by atoms with Crippen molar-refractivity contribution in [1.82, 2.24) is 0 Å². The Bertz CT molecular complexity index is 614. The highest BCUT2D eigenvalue weighted by atomic mass is 35.5. The number of nitrogens with zero attached hydrogens (tertiary/aromatic N) is 1. The van der Waals surface area contributed by atoms with E-state index < -0.39 is 0 Å². The van der Waals surface area contributed by atoms with Gasteiger partial charge in [0.05, 0.1) is 16.8 Å². The van der Waals surface area contributed by atoms with E-state index in [4.69, 9.17) is 11.6 Å². The first kappa shape index (κ1) is 11.2. The van der Waals surface area contributed by atoms with Gasteiger partial charge in [-0.1, -0.05) is 54.6 Å². The van der Waals surface area contributed by atoms with Crippen molar-refractivity contribution >= 4 is 29.1 Å². The predicted octanol–water partition coefficient (Wildman–Crippen LogP) is 4.44. The number of halogens is 1. The van der Waals surface area contributed by atoms with Crippen LogP contribution in [0.1, 0.15) is 11.1 Å². The maximum absolute atomic E-state index is 6.34. The quantitative estimate of drug-likeness (QED) is 0.666. The Kier molecular flexibility index (Phi) is 2.99. The van der Waals surface area contributed by atoms with Crippen molar-refractivity contribution < 1.29 is 0 Å². The van der Waals surface area contributed by atoms with Crippen LogP contribution in [0.5, 0.6) is 0 Å². The third-order valence-corrected chi connectivity index (χ3v) is 3.30. The third-order valence-electron chi connectivity index (χ3n) is 2.95. The predicted molar refractivity (Wildman–Crippen MR) is 77.8 cm³/mol. The van der Waals surface area contributed by atoms with Gasteiger partial charge in [0.25, 0.3) is 0 Å². The lowest BCUT2D eigenvalue weighted by Gasteiger charge is -2.17. The topological polar surface area (TPSA) is 12.4 Å². The molecule has 0 amide bonds. The summed E-state index contributed by atoms with van der Waals surface area (Å²) in [5.74, 6) is 0. The minimum absolute atomic E-state index is 0.167. The van der Waals surface area contributed by atoms with E-state index in [2.05, 4.69) is 23.2 Å². The summed E-state index contributed by atoms with van der Waals surface area (Å²) in [6, 6.07) is 18.1. The number of para-hydroxylation sites is 1. The number of allylic oxidation sites excluding steroid dienone is 1. The van der Waals surface area contributed by atoms with E-state index in [1.54, 1.807) is 0 Å². The first-order chi connectivity index (χ1) is 8.84. The fourth-order valence-corrected chi connectivity index (χ4v) is 2.31. The Hall–Kier alpha value is -1.86. The second-order valence-corrected chi connectivity index (χ2v) is 4.65. The van der Waals surface area contributed by atoms with E-state index in [1.807, 2.05) is 48.5 Å². The summed E-state index contributed by atoms with van der Waals surface area (Å²) in [5.41, 5.74) is 4.14. The van der Waals surface area contributed by atoms with E-state index in [-0.39, 0.29) is 5.38 Å². The lowest BCUT2D eigenvalue weighted by atomic mass is 9.95. The van der Waals surface area contributed by atoms with Crippen molar-refractivity contribution in [3.05, 3.63) is 71.8 Å². The molecule has 1 aliphatic rings. The molecule has 0 saturated carbocycles. The third kappa shape index (κ3) is 2.09. The van der Waals surface area contributed by atoms with E-state index in [1.165, 1.54) is 5.56 Å². The summed E-state index contributed by atoms with van der Waals surface area (Å²) in [5, 5.41) is -0.167. The molecule has 2 aromatic rings. The number of hydrogen-bond acceptors (Lipinski definition) is 1. The minimum Gasteiger partial charge on any atom is -0.251 e. The first-order valence-corrected chi connectivity index (χ1v) is 6.33. The second kappa shape index (κ2) is 4.79. The molecule has 1 atom stereocenters. The molecule has 0 bridgehead atoms. The number of aliphatic imine (C=N–C) groups is 1. The monoisotopic (exact) mass is 253 g/mol. The highest BCUT2D eigenvalue weighted by Gasteiger charge is 2.18. The van der Waals surface area contributed by atoms with Crippen molar-refractivity contribution in [1.29, 1.82) is 0 Å². The van der Waals surface area contributed by atoms with E-state index in [0.29, 0.717) is 0 Å². The van der Waals surface area contributed by atoms with Gasteiger partial charge in [-0.2, -0.15) is 0 Å². The Labute approximate surface area is 111 Å². The molecular formula is C16H12ClN. The summed E-state index contributed by atoms with van der Waals surface area (Å²) in [6.45, 7) is 0. The molecule has 2 heteroatoms. The van der Waals surface area contributed by atoms with Crippen LogP contribution in [0.4, 0.5) is 5.69 Å². The molecule has 0 radical (unpaired) electrons. The summed E-state index contributed by atoms with van der Waals surface area (Å²) in [7, 11) is 0. The zero-order valence-electron chi connectivity index (χ0n) is 9.75. The molecule has 0 aromatic heterocycles. The fourth-order valence-electron chi connectivity index (χ4n) is 2.07. The smallest absolute Gasteiger partial charge is 0.0947 e. The Balaban J connectivity index is 2.11. The van der Waals surface area contributed by atoms with Crippen LogP contribution in [0.15, 0.2) is 65.7 Å². The average Bonchev–Trinajstić information content (AvgIpc) is 2.43. The van der Waals surface area contributed by atoms with Crippen LogP contribution in [0.25, 0.3) is 6.08 Å². The summed E-state index contributed by atoms with van der Waals surface area (Å²) in [6.07, 6.45) is 4.03. The zero-order valence-corrected chi connectivity index (χ0v) is 10.5. The molecule has 0 fully saturated rings. The van der Waals surface area contributed by atoms with Gasteiger partial charge in [-0.3, -0.25) is 4.99 Å². The minimum atomic E-state index is -0.167. The number of hydrogen-bond donors (Lipinski definition) is 0. The molecule has 1 unspecified atom stereocenters. The van der Waals surface area contributed by atoms with Gasteiger partial charge < -0.3 is 0 Å². The molecular weight excluding hydrogens is 242 g/mol. The summed E-state index contributed by atoms with van der Waals surface area (Å²) in [4.78, 5) is 4.67. The van der Waals surface area contributed by atoms with Gasteiger partial charge in [-0.25, -0.2) is 0 Å². The highest BCUT2D eigenvalue weighted by Crippen LogP contribution is 2.25. The average molecular weight is 254 g/mol. The molecule has 0 N–H and O–H groups in total. The standard InChI is InChI=1S/C16H12ClN/c17-15-11-10-12-6-4-5-9-14(12)16(15)18-13-7-2-1-3-8-13/h1-11,15H. The van der Waals surface area contributed by atoms with Crippen molar-refractivity contribution in [2.45, 2.75) is 5.38 Å². The van der Waals surface area contributed by atoms with Gasteiger partial charge in [0.2, 0.25) is 0 Å². The Morgan fingerprint density at radius 3 is 2.44 bits per heavy atom. The second-order valence-electron chi connectivity index (χ2n) is 4.18. The maximum Gasteiger partial charge on any atom is 0.0947 e. The van der Waals surface area contributed by atoms with E-state index in [9.17, 15) is 0 Å².